The maximum absolute atomic E-state index is 12.0. The Morgan fingerprint density at radius 3 is 2.25 bits per heavy atom. The van der Waals surface area contributed by atoms with Gasteiger partial charge in [0.1, 0.15) is 9.83 Å². The van der Waals surface area contributed by atoms with E-state index in [1.807, 2.05) is 0 Å². The van der Waals surface area contributed by atoms with Gasteiger partial charge in [-0.1, -0.05) is 0 Å². The molecule has 0 amide bonds. The predicted octanol–water partition coefficient (Wildman–Crippen LogP) is 2.16. The number of hydrogen-bond donors (Lipinski definition) is 0. The molecule has 1 rings (SSSR count). The molecule has 0 saturated carbocycles. The highest BCUT2D eigenvalue weighted by Crippen LogP contribution is 2.15. The summed E-state index contributed by atoms with van der Waals surface area (Å²) in [5.41, 5.74) is 0. The Morgan fingerprint density at radius 1 is 1.50 bits per heavy atom. The lowest BCUT2D eigenvalue weighted by Gasteiger charge is -1.74. The van der Waals surface area contributed by atoms with Gasteiger partial charge in [0, 0.05) is 0 Å². The maximum Gasteiger partial charge on any atom is 0.294 e. The van der Waals surface area contributed by atoms with E-state index in [-0.39, 0.29) is 3.57 Å². The van der Waals surface area contributed by atoms with E-state index in [4.69, 9.17) is 0 Å². The summed E-state index contributed by atoms with van der Waals surface area (Å²) in [7, 11) is 0. The summed E-state index contributed by atoms with van der Waals surface area (Å²) in [6, 6.07) is -0.858. The molecule has 0 aliphatic carbocycles. The van der Waals surface area contributed by atoms with Crippen LogP contribution in [0.1, 0.15) is 0 Å². The van der Waals surface area contributed by atoms with Gasteiger partial charge >= 0.3 is 0 Å². The van der Waals surface area contributed by atoms with E-state index in [2.05, 4.69) is 4.42 Å². The van der Waals surface area contributed by atoms with Crippen LogP contribution in [0, 0.1) is 15.4 Å². The SMILES string of the molecule is Fc1coc(F)c1I. The third-order valence-electron chi connectivity index (χ3n) is 0.648. The average molecular weight is 230 g/mol. The molecule has 0 spiro atoms. The topological polar surface area (TPSA) is 13.1 Å². The second-order valence-corrected chi connectivity index (χ2v) is 2.25. The molecule has 44 valence electrons. The van der Waals surface area contributed by atoms with E-state index >= 15 is 0 Å². The van der Waals surface area contributed by atoms with Crippen LogP contribution in [0.3, 0.4) is 0 Å². The molecule has 0 aliphatic rings. The Hall–Kier alpha value is -0.130. The predicted molar refractivity (Wildman–Crippen MR) is 31.3 cm³/mol. The first kappa shape index (κ1) is 6.00. The van der Waals surface area contributed by atoms with Crippen molar-refractivity contribution in [2.75, 3.05) is 0 Å². The van der Waals surface area contributed by atoms with Crippen LogP contribution < -0.4 is 0 Å². The van der Waals surface area contributed by atoms with Crippen LogP contribution in [-0.2, 0) is 0 Å². The summed E-state index contributed by atoms with van der Waals surface area (Å²) in [5.74, 6) is -0.650. The second kappa shape index (κ2) is 2.00. The van der Waals surface area contributed by atoms with E-state index in [1.165, 1.54) is 22.6 Å². The lowest BCUT2D eigenvalue weighted by atomic mass is 10.6. The Morgan fingerprint density at radius 2 is 2.12 bits per heavy atom. The van der Waals surface area contributed by atoms with Crippen molar-refractivity contribution in [2.45, 2.75) is 0 Å². The quantitative estimate of drug-likeness (QED) is 0.622. The maximum atomic E-state index is 12.0. The molecule has 4 heteroatoms. The Bertz CT molecular complexity index is 176. The fourth-order valence-corrected chi connectivity index (χ4v) is 0.555. The molecule has 0 aromatic carbocycles. The van der Waals surface area contributed by atoms with Gasteiger partial charge in [-0.25, -0.2) is 4.39 Å². The van der Waals surface area contributed by atoms with Gasteiger partial charge in [-0.05, 0) is 22.6 Å². The summed E-state index contributed by atoms with van der Waals surface area (Å²) < 4.78 is 27.9. The molecule has 0 N–H and O–H groups in total. The molecule has 0 radical (unpaired) electrons. The van der Waals surface area contributed by atoms with Crippen LogP contribution in [-0.4, -0.2) is 0 Å². The van der Waals surface area contributed by atoms with Gasteiger partial charge in [0.15, 0.2) is 5.82 Å². The first-order valence-corrected chi connectivity index (χ1v) is 2.87. The number of halogens is 3. The molecule has 0 saturated heterocycles. The van der Waals surface area contributed by atoms with Crippen molar-refractivity contribution in [3.05, 3.63) is 21.7 Å². The summed E-state index contributed by atoms with van der Waals surface area (Å²) >= 11 is 1.52. The molecule has 0 aliphatic heterocycles. The van der Waals surface area contributed by atoms with Gasteiger partial charge in [-0.3, -0.25) is 0 Å². The Labute approximate surface area is 57.8 Å². The third-order valence-corrected chi connectivity index (χ3v) is 1.59. The highest BCUT2D eigenvalue weighted by Gasteiger charge is 2.07. The van der Waals surface area contributed by atoms with Crippen molar-refractivity contribution in [3.8, 4) is 0 Å². The average Bonchev–Trinajstić information content (AvgIpc) is 1.98. The van der Waals surface area contributed by atoms with Crippen molar-refractivity contribution in [1.29, 1.82) is 0 Å². The van der Waals surface area contributed by atoms with Crippen LogP contribution in [0.4, 0.5) is 8.78 Å². The van der Waals surface area contributed by atoms with E-state index in [0.29, 0.717) is 0 Å². The van der Waals surface area contributed by atoms with Crippen LogP contribution in [0.25, 0.3) is 0 Å². The molecule has 0 fully saturated rings. The van der Waals surface area contributed by atoms with Crippen LogP contribution in [0.2, 0.25) is 0 Å². The molecule has 8 heavy (non-hydrogen) atoms. The molecule has 1 heterocycles. The highest BCUT2D eigenvalue weighted by molar-refractivity contribution is 14.1. The van der Waals surface area contributed by atoms with Gasteiger partial charge in [0.05, 0.1) is 0 Å². The highest BCUT2D eigenvalue weighted by atomic mass is 127. The second-order valence-electron chi connectivity index (χ2n) is 1.17. The van der Waals surface area contributed by atoms with Crippen LogP contribution in [0.5, 0.6) is 0 Å². The van der Waals surface area contributed by atoms with Crippen molar-refractivity contribution in [3.63, 3.8) is 0 Å². The first-order valence-electron chi connectivity index (χ1n) is 1.80. The van der Waals surface area contributed by atoms with Gasteiger partial charge in [-0.2, -0.15) is 4.39 Å². The molecule has 1 aromatic heterocycles. The van der Waals surface area contributed by atoms with Gasteiger partial charge in [-0.15, -0.1) is 0 Å². The molecule has 0 unspecified atom stereocenters. The molecule has 1 aromatic rings. The van der Waals surface area contributed by atoms with Crippen molar-refractivity contribution < 1.29 is 13.2 Å². The van der Waals surface area contributed by atoms with E-state index in [1.54, 1.807) is 0 Å². The van der Waals surface area contributed by atoms with Gasteiger partial charge < -0.3 is 4.42 Å². The van der Waals surface area contributed by atoms with Crippen molar-refractivity contribution in [1.82, 2.24) is 0 Å². The Balaban J connectivity index is 3.19. The lowest BCUT2D eigenvalue weighted by Crippen LogP contribution is -1.72. The van der Waals surface area contributed by atoms with E-state index in [9.17, 15) is 8.78 Å². The third kappa shape index (κ3) is 0.841. The van der Waals surface area contributed by atoms with Crippen molar-refractivity contribution in [2.24, 2.45) is 0 Å². The van der Waals surface area contributed by atoms with E-state index in [0.717, 1.165) is 6.26 Å². The minimum absolute atomic E-state index is 0.0948. The smallest absolute Gasteiger partial charge is 0.294 e. The van der Waals surface area contributed by atoms with Crippen molar-refractivity contribution >= 4 is 22.6 Å². The molecular formula is C4HF2IO. The minimum atomic E-state index is -0.858. The van der Waals surface area contributed by atoms with Gasteiger partial charge in [0.2, 0.25) is 0 Å². The molecule has 0 bridgehead atoms. The zero-order valence-corrected chi connectivity index (χ0v) is 5.78. The largest absolute Gasteiger partial charge is 0.436 e. The standard InChI is InChI=1S/C4HF2IO/c5-2-1-8-4(6)3(2)7/h1H. The normalized spacial score (nSPS) is 9.88. The first-order chi connectivity index (χ1) is 3.72. The number of furan rings is 1. The molecule has 0 atom stereocenters. The van der Waals surface area contributed by atoms with Gasteiger partial charge in [0.25, 0.3) is 6.01 Å². The van der Waals surface area contributed by atoms with E-state index < -0.39 is 11.8 Å². The zero-order chi connectivity index (χ0) is 6.15. The van der Waals surface area contributed by atoms with Crippen LogP contribution in [0.15, 0.2) is 10.7 Å². The minimum Gasteiger partial charge on any atom is -0.436 e. The zero-order valence-electron chi connectivity index (χ0n) is 3.62. The number of hydrogen-bond acceptors (Lipinski definition) is 1. The summed E-state index contributed by atoms with van der Waals surface area (Å²) in [5, 5.41) is 0. The Kier molecular flexibility index (Phi) is 1.50. The van der Waals surface area contributed by atoms with Crippen LogP contribution >= 0.6 is 22.6 Å². The summed E-state index contributed by atoms with van der Waals surface area (Å²) in [6.07, 6.45) is 0.733. The fourth-order valence-electron chi connectivity index (χ4n) is 0.301. The lowest BCUT2D eigenvalue weighted by molar-refractivity contribution is 0.353. The summed E-state index contributed by atoms with van der Waals surface area (Å²) in [4.78, 5) is 0. The molecular weight excluding hydrogens is 229 g/mol. The fraction of sp³-hybridized carbons (Fsp3) is 0. The molecule has 1 nitrogen and oxygen atoms in total. The monoisotopic (exact) mass is 230 g/mol. The summed E-state index contributed by atoms with van der Waals surface area (Å²) in [6.45, 7) is 0. The number of rotatable bonds is 0.